The Hall–Kier alpha value is -3.56. The Morgan fingerprint density at radius 3 is 2.34 bits per heavy atom. The summed E-state index contributed by atoms with van der Waals surface area (Å²) in [6.07, 6.45) is 5.65. The first kappa shape index (κ1) is 30.4. The van der Waals surface area contributed by atoms with E-state index in [1.807, 2.05) is 55.1 Å². The summed E-state index contributed by atoms with van der Waals surface area (Å²) in [5.74, 6) is -0.112. The maximum Gasteiger partial charge on any atom is 0.270 e. The van der Waals surface area contributed by atoms with Gasteiger partial charge in [0.25, 0.3) is 5.91 Å². The lowest BCUT2D eigenvalue weighted by atomic mass is 9.99. The van der Waals surface area contributed by atoms with Gasteiger partial charge in [0.05, 0.1) is 17.4 Å². The molecule has 8 nitrogen and oxygen atoms in total. The summed E-state index contributed by atoms with van der Waals surface area (Å²) in [7, 11) is -3.26. The van der Waals surface area contributed by atoms with Gasteiger partial charge in [0.1, 0.15) is 5.69 Å². The average molecular weight is 577 g/mol. The summed E-state index contributed by atoms with van der Waals surface area (Å²) < 4.78 is 23.5. The summed E-state index contributed by atoms with van der Waals surface area (Å²) in [4.78, 5) is 35.0. The molecule has 0 saturated carbocycles. The number of rotatable bonds is 11. The van der Waals surface area contributed by atoms with Crippen molar-refractivity contribution in [1.82, 2.24) is 20.1 Å². The van der Waals surface area contributed by atoms with Gasteiger partial charge in [-0.3, -0.25) is 14.6 Å². The lowest BCUT2D eigenvalue weighted by molar-refractivity contribution is -0.133. The smallest absolute Gasteiger partial charge is 0.270 e. The van der Waals surface area contributed by atoms with E-state index in [4.69, 9.17) is 0 Å². The molecule has 0 radical (unpaired) electrons. The topological polar surface area (TPSA) is 99.7 Å². The van der Waals surface area contributed by atoms with Crippen LogP contribution in [0.1, 0.15) is 59.4 Å². The van der Waals surface area contributed by atoms with Crippen molar-refractivity contribution in [3.8, 4) is 0 Å². The molecule has 1 saturated heterocycles. The van der Waals surface area contributed by atoms with E-state index in [9.17, 15) is 18.0 Å². The molecule has 1 atom stereocenters. The number of likely N-dealkylation sites (N-methyl/N-ethyl adjacent to an activating group) is 1. The van der Waals surface area contributed by atoms with Crippen molar-refractivity contribution >= 4 is 21.7 Å². The number of amides is 2. The van der Waals surface area contributed by atoms with Crippen molar-refractivity contribution in [2.45, 2.75) is 56.5 Å². The Balaban J connectivity index is 1.31. The number of hydrogen-bond donors (Lipinski definition) is 1. The zero-order valence-electron chi connectivity index (χ0n) is 24.1. The Bertz CT molecular complexity index is 1420. The van der Waals surface area contributed by atoms with E-state index in [-0.39, 0.29) is 35.2 Å². The Morgan fingerprint density at radius 1 is 1.05 bits per heavy atom. The summed E-state index contributed by atoms with van der Waals surface area (Å²) in [6, 6.07) is 20.3. The largest absolute Gasteiger partial charge is 0.344 e. The summed E-state index contributed by atoms with van der Waals surface area (Å²) >= 11 is 0. The second kappa shape index (κ2) is 13.9. The number of aryl methyl sites for hydroxylation is 1. The predicted octanol–water partition coefficient (Wildman–Crippen LogP) is 4.21. The van der Waals surface area contributed by atoms with Crippen molar-refractivity contribution in [2.24, 2.45) is 0 Å². The van der Waals surface area contributed by atoms with E-state index < -0.39 is 9.84 Å². The first-order chi connectivity index (χ1) is 19.6. The number of benzene rings is 2. The fourth-order valence-corrected chi connectivity index (χ4v) is 6.07. The van der Waals surface area contributed by atoms with Gasteiger partial charge in [0.15, 0.2) is 9.84 Å². The van der Waals surface area contributed by atoms with Crippen LogP contribution in [0.4, 0.5) is 0 Å². The number of pyridine rings is 1. The quantitative estimate of drug-likeness (QED) is 0.367. The Labute approximate surface area is 243 Å². The zero-order valence-corrected chi connectivity index (χ0v) is 24.9. The fraction of sp³-hybridized carbons (Fsp3) is 0.406. The standard InChI is InChI=1S/C32H40N4O4S/c1-4-36(31(37)23-25-10-12-28(13-11-25)41(3,39)40)27-15-19-35(20-16-27)21-17-29(26-8-6-5-7-9-26)34-32(38)30-22-24(2)14-18-33-30/h5-14,18,22,27,29H,4,15-17,19-21,23H2,1-3H3,(H,34,38)/t29-/m0/s1. The molecule has 1 aliphatic heterocycles. The number of likely N-dealkylation sites (tertiary alicyclic amines) is 1. The van der Waals surface area contributed by atoms with E-state index in [1.165, 1.54) is 6.26 Å². The molecule has 1 N–H and O–H groups in total. The van der Waals surface area contributed by atoms with Gasteiger partial charge in [0, 0.05) is 44.7 Å². The molecule has 1 fully saturated rings. The van der Waals surface area contributed by atoms with Gasteiger partial charge in [-0.1, -0.05) is 42.5 Å². The Kier molecular flexibility index (Phi) is 10.3. The highest BCUT2D eigenvalue weighted by molar-refractivity contribution is 7.90. The maximum absolute atomic E-state index is 13.2. The number of sulfone groups is 1. The average Bonchev–Trinajstić information content (AvgIpc) is 2.96. The van der Waals surface area contributed by atoms with Crippen LogP contribution in [-0.4, -0.2) is 73.5 Å². The van der Waals surface area contributed by atoms with Crippen molar-refractivity contribution in [3.05, 3.63) is 95.3 Å². The fourth-order valence-electron chi connectivity index (χ4n) is 5.44. The van der Waals surface area contributed by atoms with Gasteiger partial charge in [-0.2, -0.15) is 0 Å². The van der Waals surface area contributed by atoms with Crippen molar-refractivity contribution in [1.29, 1.82) is 0 Å². The van der Waals surface area contributed by atoms with E-state index in [2.05, 4.69) is 15.2 Å². The first-order valence-corrected chi connectivity index (χ1v) is 16.1. The van der Waals surface area contributed by atoms with Crippen LogP contribution in [0.25, 0.3) is 0 Å². The van der Waals surface area contributed by atoms with Crippen molar-refractivity contribution in [2.75, 3.05) is 32.4 Å². The van der Waals surface area contributed by atoms with Crippen LogP contribution in [0.3, 0.4) is 0 Å². The van der Waals surface area contributed by atoms with Crippen LogP contribution in [0.2, 0.25) is 0 Å². The number of nitrogens with one attached hydrogen (secondary N) is 1. The molecule has 3 aromatic rings. The highest BCUT2D eigenvalue weighted by Gasteiger charge is 2.28. The molecule has 1 aliphatic rings. The van der Waals surface area contributed by atoms with E-state index in [1.54, 1.807) is 36.5 Å². The molecule has 0 spiro atoms. The number of aromatic nitrogens is 1. The molecule has 2 heterocycles. The normalized spacial score (nSPS) is 15.3. The Morgan fingerprint density at radius 2 is 1.73 bits per heavy atom. The second-order valence-corrected chi connectivity index (χ2v) is 12.8. The van der Waals surface area contributed by atoms with Crippen LogP contribution in [0.5, 0.6) is 0 Å². The van der Waals surface area contributed by atoms with Crippen LogP contribution < -0.4 is 5.32 Å². The van der Waals surface area contributed by atoms with Crippen LogP contribution in [-0.2, 0) is 21.1 Å². The molecule has 0 aliphatic carbocycles. The van der Waals surface area contributed by atoms with Gasteiger partial charge in [-0.25, -0.2) is 8.42 Å². The lowest BCUT2D eigenvalue weighted by Crippen LogP contribution is -2.48. The van der Waals surface area contributed by atoms with Gasteiger partial charge >= 0.3 is 0 Å². The molecule has 2 amide bonds. The zero-order chi connectivity index (χ0) is 29.4. The number of carbonyl (C=O) groups excluding carboxylic acids is 2. The highest BCUT2D eigenvalue weighted by Crippen LogP contribution is 2.22. The third-order valence-corrected chi connectivity index (χ3v) is 8.88. The lowest BCUT2D eigenvalue weighted by Gasteiger charge is -2.38. The van der Waals surface area contributed by atoms with E-state index in [0.717, 1.165) is 55.6 Å². The first-order valence-electron chi connectivity index (χ1n) is 14.2. The van der Waals surface area contributed by atoms with Gasteiger partial charge in [-0.05, 0) is 74.1 Å². The summed E-state index contributed by atoms with van der Waals surface area (Å²) in [6.45, 7) is 7.19. The highest BCUT2D eigenvalue weighted by atomic mass is 32.2. The van der Waals surface area contributed by atoms with E-state index in [0.29, 0.717) is 12.2 Å². The molecule has 1 aromatic heterocycles. The minimum atomic E-state index is -3.26. The number of piperidine rings is 1. The minimum Gasteiger partial charge on any atom is -0.344 e. The number of carbonyl (C=O) groups is 2. The monoisotopic (exact) mass is 576 g/mol. The number of hydrogen-bond acceptors (Lipinski definition) is 6. The van der Waals surface area contributed by atoms with Crippen LogP contribution >= 0.6 is 0 Å². The molecule has 4 rings (SSSR count). The van der Waals surface area contributed by atoms with Gasteiger partial charge in [0.2, 0.25) is 5.91 Å². The van der Waals surface area contributed by atoms with Crippen LogP contribution in [0, 0.1) is 6.92 Å². The molecule has 0 unspecified atom stereocenters. The minimum absolute atomic E-state index is 0.0645. The predicted molar refractivity (Wildman–Crippen MR) is 160 cm³/mol. The third kappa shape index (κ3) is 8.47. The SMILES string of the molecule is CCN(C(=O)Cc1ccc(S(C)(=O)=O)cc1)C1CCN(CC[C@H](NC(=O)c2cc(C)ccn2)c2ccccc2)CC1. The molecule has 2 aromatic carbocycles. The van der Waals surface area contributed by atoms with Gasteiger partial charge in [-0.15, -0.1) is 0 Å². The summed E-state index contributed by atoms with van der Waals surface area (Å²) in [5.41, 5.74) is 3.29. The van der Waals surface area contributed by atoms with Crippen molar-refractivity contribution < 1.29 is 18.0 Å². The maximum atomic E-state index is 13.2. The van der Waals surface area contributed by atoms with E-state index >= 15 is 0 Å². The molecule has 0 bridgehead atoms. The number of nitrogens with zero attached hydrogens (tertiary/aromatic N) is 3. The molecule has 41 heavy (non-hydrogen) atoms. The second-order valence-electron chi connectivity index (χ2n) is 10.8. The van der Waals surface area contributed by atoms with Crippen LogP contribution in [0.15, 0.2) is 77.8 Å². The molecular formula is C32H40N4O4S. The van der Waals surface area contributed by atoms with Gasteiger partial charge < -0.3 is 15.1 Å². The molecule has 218 valence electrons. The molecular weight excluding hydrogens is 536 g/mol. The van der Waals surface area contributed by atoms with Crippen molar-refractivity contribution in [3.63, 3.8) is 0 Å². The molecule has 9 heteroatoms. The third-order valence-electron chi connectivity index (χ3n) is 7.76. The summed E-state index contributed by atoms with van der Waals surface area (Å²) in [5, 5.41) is 3.19.